The maximum absolute atomic E-state index is 7.32. The van der Waals surface area contributed by atoms with Crippen molar-refractivity contribution in [3.05, 3.63) is 0 Å². The Morgan fingerprint density at radius 2 is 1.25 bits per heavy atom. The summed E-state index contributed by atoms with van der Waals surface area (Å²) in [6, 6.07) is 1.75. The standard InChI is InChI=1S/C2H3N.Cl4Si/c1-2-3;1-5(2,3)4/h1H3;. The van der Waals surface area contributed by atoms with E-state index in [1.807, 2.05) is 0 Å². The Labute approximate surface area is 67.9 Å². The molecule has 0 amide bonds. The van der Waals surface area contributed by atoms with Gasteiger partial charge in [0.2, 0.25) is 0 Å². The van der Waals surface area contributed by atoms with Gasteiger partial charge in [-0.15, -0.1) is 44.3 Å². The zero-order valence-electron chi connectivity index (χ0n) is 3.96. The predicted octanol–water partition coefficient (Wildman–Crippen LogP) is 2.91. The Bertz CT molecular complexity index is 75.0. The molecule has 48 valence electrons. The molecule has 0 saturated heterocycles. The average molecular weight is 211 g/mol. The number of halogens is 4. The fourth-order valence-electron chi connectivity index (χ4n) is 0. The Balaban J connectivity index is 0. The van der Waals surface area contributed by atoms with Crippen molar-refractivity contribution in [3.63, 3.8) is 0 Å². The Kier molecular flexibility index (Phi) is 8.72. The van der Waals surface area contributed by atoms with Crippen LogP contribution in [0.15, 0.2) is 0 Å². The van der Waals surface area contributed by atoms with Crippen LogP contribution in [0, 0.1) is 11.3 Å². The Morgan fingerprint density at radius 1 is 1.25 bits per heavy atom. The second-order valence-corrected chi connectivity index (χ2v) is 11.8. The van der Waals surface area contributed by atoms with Gasteiger partial charge < -0.3 is 0 Å². The lowest BCUT2D eigenvalue weighted by atomic mass is 11.0. The molecule has 0 N–H and O–H groups in total. The van der Waals surface area contributed by atoms with Gasteiger partial charge >= 0.3 is 5.31 Å². The minimum atomic E-state index is -2.72. The van der Waals surface area contributed by atoms with Crippen molar-refractivity contribution in [2.45, 2.75) is 6.92 Å². The molecule has 0 spiro atoms. The third kappa shape index (κ3) is 315. The second-order valence-electron chi connectivity index (χ2n) is 0.652. The predicted molar refractivity (Wildman–Crippen MR) is 40.5 cm³/mol. The molecule has 0 rings (SSSR count). The summed E-state index contributed by atoms with van der Waals surface area (Å²) in [6.07, 6.45) is 0. The SMILES string of the molecule is CC#N.Cl[Si](Cl)(Cl)Cl. The van der Waals surface area contributed by atoms with Gasteiger partial charge in [-0.05, 0) is 0 Å². The molecule has 0 aliphatic rings. The average Bonchev–Trinajstić information content (AvgIpc) is 1.27. The van der Waals surface area contributed by atoms with Crippen molar-refractivity contribution in [2.24, 2.45) is 0 Å². The van der Waals surface area contributed by atoms with Gasteiger partial charge in [0, 0.05) is 6.92 Å². The molecule has 0 radical (unpaired) electrons. The molecular formula is C2H3Cl4NSi. The molecule has 0 atom stereocenters. The first-order chi connectivity index (χ1) is 3.41. The summed E-state index contributed by atoms with van der Waals surface area (Å²) in [4.78, 5) is 0. The third-order valence-electron chi connectivity index (χ3n) is 0. The smallest absolute Gasteiger partial charge is 0.199 e. The monoisotopic (exact) mass is 209 g/mol. The van der Waals surface area contributed by atoms with E-state index in [1.54, 1.807) is 6.07 Å². The van der Waals surface area contributed by atoms with E-state index >= 15 is 0 Å². The highest BCUT2D eigenvalue weighted by Crippen LogP contribution is 2.23. The van der Waals surface area contributed by atoms with Crippen LogP contribution in [-0.2, 0) is 0 Å². The second kappa shape index (κ2) is 5.99. The first-order valence-electron chi connectivity index (χ1n) is 1.48. The minimum Gasteiger partial charge on any atom is -0.199 e. The zero-order valence-corrected chi connectivity index (χ0v) is 7.98. The molecular weight excluding hydrogens is 208 g/mol. The zero-order chi connectivity index (χ0) is 7.21. The van der Waals surface area contributed by atoms with E-state index < -0.39 is 5.31 Å². The lowest BCUT2D eigenvalue weighted by molar-refractivity contribution is 1.49. The maximum atomic E-state index is 7.32. The van der Waals surface area contributed by atoms with Crippen LogP contribution in [0.5, 0.6) is 0 Å². The molecule has 0 aromatic carbocycles. The highest BCUT2D eigenvalue weighted by atomic mass is 36.0. The van der Waals surface area contributed by atoms with Gasteiger partial charge in [0.1, 0.15) is 0 Å². The van der Waals surface area contributed by atoms with Crippen molar-refractivity contribution in [3.8, 4) is 6.07 Å². The van der Waals surface area contributed by atoms with Crippen LogP contribution in [0.4, 0.5) is 0 Å². The number of hydrogen-bond acceptors (Lipinski definition) is 1. The molecule has 0 bridgehead atoms. The van der Waals surface area contributed by atoms with Gasteiger partial charge in [-0.1, -0.05) is 0 Å². The highest BCUT2D eigenvalue weighted by molar-refractivity contribution is 7.81. The lowest BCUT2D eigenvalue weighted by Gasteiger charge is -1.85. The van der Waals surface area contributed by atoms with Crippen LogP contribution in [-0.4, -0.2) is 5.31 Å². The number of hydrogen-bond donors (Lipinski definition) is 0. The van der Waals surface area contributed by atoms with Crippen LogP contribution in [0.25, 0.3) is 0 Å². The van der Waals surface area contributed by atoms with Gasteiger partial charge in [0.05, 0.1) is 6.07 Å². The molecule has 0 fully saturated rings. The summed E-state index contributed by atoms with van der Waals surface area (Å²) in [5.74, 6) is 0. The summed E-state index contributed by atoms with van der Waals surface area (Å²) in [7, 11) is 0. The molecule has 1 nitrogen and oxygen atoms in total. The van der Waals surface area contributed by atoms with E-state index in [0.29, 0.717) is 0 Å². The molecule has 0 aliphatic carbocycles. The number of nitriles is 1. The maximum Gasteiger partial charge on any atom is 0.440 e. The molecule has 0 heterocycles. The van der Waals surface area contributed by atoms with E-state index in [9.17, 15) is 0 Å². The van der Waals surface area contributed by atoms with Crippen molar-refractivity contribution < 1.29 is 0 Å². The quantitative estimate of drug-likeness (QED) is 0.446. The van der Waals surface area contributed by atoms with Gasteiger partial charge in [-0.3, -0.25) is 0 Å². The van der Waals surface area contributed by atoms with Crippen molar-refractivity contribution in [1.29, 1.82) is 5.26 Å². The number of rotatable bonds is 0. The third-order valence-corrected chi connectivity index (χ3v) is 0. The van der Waals surface area contributed by atoms with Crippen LogP contribution < -0.4 is 0 Å². The van der Waals surface area contributed by atoms with Crippen LogP contribution >= 0.6 is 44.3 Å². The first-order valence-corrected chi connectivity index (χ1v) is 7.53. The molecule has 8 heavy (non-hydrogen) atoms. The van der Waals surface area contributed by atoms with Gasteiger partial charge in [-0.2, -0.15) is 5.26 Å². The summed E-state index contributed by atoms with van der Waals surface area (Å²) < 4.78 is 0. The summed E-state index contributed by atoms with van der Waals surface area (Å²) >= 11 is 19.9. The van der Waals surface area contributed by atoms with Crippen LogP contribution in [0.2, 0.25) is 0 Å². The molecule has 0 aliphatic heterocycles. The fourth-order valence-corrected chi connectivity index (χ4v) is 0. The van der Waals surface area contributed by atoms with Crippen LogP contribution in [0.3, 0.4) is 0 Å². The first kappa shape index (κ1) is 11.6. The van der Waals surface area contributed by atoms with E-state index in [0.717, 1.165) is 0 Å². The molecule has 0 aromatic rings. The van der Waals surface area contributed by atoms with E-state index in [4.69, 9.17) is 49.6 Å². The molecule has 0 aromatic heterocycles. The van der Waals surface area contributed by atoms with Crippen molar-refractivity contribution in [1.82, 2.24) is 0 Å². The van der Waals surface area contributed by atoms with Crippen molar-refractivity contribution >= 4 is 49.6 Å². The molecule has 6 heteroatoms. The van der Waals surface area contributed by atoms with Gasteiger partial charge in [0.25, 0.3) is 0 Å². The minimum absolute atomic E-state index is 1.43. The highest BCUT2D eigenvalue weighted by Gasteiger charge is 2.19. The van der Waals surface area contributed by atoms with Crippen molar-refractivity contribution in [2.75, 3.05) is 0 Å². The summed E-state index contributed by atoms with van der Waals surface area (Å²) in [6.45, 7) is 1.43. The topological polar surface area (TPSA) is 23.8 Å². The number of nitrogens with zero attached hydrogens (tertiary/aromatic N) is 1. The molecule has 0 unspecified atom stereocenters. The summed E-state index contributed by atoms with van der Waals surface area (Å²) in [5, 5.41) is 4.60. The van der Waals surface area contributed by atoms with E-state index in [1.165, 1.54) is 6.92 Å². The Morgan fingerprint density at radius 3 is 1.25 bits per heavy atom. The normalized spacial score (nSPS) is 8.50. The largest absolute Gasteiger partial charge is 0.440 e. The summed E-state index contributed by atoms with van der Waals surface area (Å²) in [5.41, 5.74) is 0. The van der Waals surface area contributed by atoms with E-state index in [-0.39, 0.29) is 0 Å². The molecule has 0 saturated carbocycles. The van der Waals surface area contributed by atoms with Crippen LogP contribution in [0.1, 0.15) is 6.92 Å². The van der Waals surface area contributed by atoms with Gasteiger partial charge in [0.15, 0.2) is 0 Å². The fraction of sp³-hybridized carbons (Fsp3) is 0.500. The van der Waals surface area contributed by atoms with Gasteiger partial charge in [-0.25, -0.2) is 0 Å². The van der Waals surface area contributed by atoms with E-state index in [2.05, 4.69) is 0 Å². The lowest BCUT2D eigenvalue weighted by Crippen LogP contribution is -1.91. The Hall–Kier alpha value is 0.867.